The normalized spacial score (nSPS) is 13.9. The number of rotatable bonds is 5. The Kier molecular flexibility index (Phi) is 6.31. The predicted octanol–water partition coefficient (Wildman–Crippen LogP) is 2.51. The third-order valence-electron chi connectivity index (χ3n) is 4.92. The molecule has 0 radical (unpaired) electrons. The molecule has 8 heteroatoms. The van der Waals surface area contributed by atoms with Gasteiger partial charge in [0.1, 0.15) is 11.5 Å². The van der Waals surface area contributed by atoms with E-state index in [1.54, 1.807) is 37.3 Å². The fourth-order valence-electron chi connectivity index (χ4n) is 3.27. The molecule has 0 atom stereocenters. The van der Waals surface area contributed by atoms with E-state index in [1.165, 1.54) is 11.0 Å². The SMILES string of the molecule is COc1ccc(OC)c(CC(=O)N2CCN(C(=O)c3ccc(F)c(F)c3)CC2)c1. The molecule has 1 fully saturated rings. The van der Waals surface area contributed by atoms with Crippen LogP contribution in [0.25, 0.3) is 0 Å². The third-order valence-corrected chi connectivity index (χ3v) is 4.92. The van der Waals surface area contributed by atoms with Crippen molar-refractivity contribution in [3.8, 4) is 11.5 Å². The molecule has 1 aliphatic heterocycles. The van der Waals surface area contributed by atoms with E-state index in [2.05, 4.69) is 0 Å². The van der Waals surface area contributed by atoms with E-state index >= 15 is 0 Å². The number of amides is 2. The molecule has 2 amide bonds. The smallest absolute Gasteiger partial charge is 0.254 e. The monoisotopic (exact) mass is 404 g/mol. The summed E-state index contributed by atoms with van der Waals surface area (Å²) in [6.07, 6.45) is 0.150. The lowest BCUT2D eigenvalue weighted by Crippen LogP contribution is -2.51. The number of ether oxygens (including phenoxy) is 2. The van der Waals surface area contributed by atoms with Crippen molar-refractivity contribution in [3.05, 3.63) is 59.2 Å². The van der Waals surface area contributed by atoms with Crippen molar-refractivity contribution >= 4 is 11.8 Å². The summed E-state index contributed by atoms with van der Waals surface area (Å²) in [5, 5.41) is 0. The Morgan fingerprint density at radius 1 is 0.897 bits per heavy atom. The van der Waals surface area contributed by atoms with E-state index in [-0.39, 0.29) is 23.8 Å². The maximum atomic E-state index is 13.4. The number of halogens is 2. The van der Waals surface area contributed by atoms with Crippen molar-refractivity contribution in [2.24, 2.45) is 0 Å². The van der Waals surface area contributed by atoms with Gasteiger partial charge in [-0.3, -0.25) is 9.59 Å². The molecule has 0 bridgehead atoms. The second-order valence-electron chi connectivity index (χ2n) is 6.66. The van der Waals surface area contributed by atoms with Gasteiger partial charge in [-0.1, -0.05) is 0 Å². The summed E-state index contributed by atoms with van der Waals surface area (Å²) in [5.74, 6) is -1.29. The molecule has 1 saturated heterocycles. The lowest BCUT2D eigenvalue weighted by Gasteiger charge is -2.35. The van der Waals surface area contributed by atoms with Gasteiger partial charge in [-0.05, 0) is 36.4 Å². The van der Waals surface area contributed by atoms with Gasteiger partial charge in [-0.15, -0.1) is 0 Å². The standard InChI is InChI=1S/C21H22F2N2O4/c1-28-16-4-6-19(29-2)15(11-16)13-20(26)24-7-9-25(10-8-24)21(27)14-3-5-17(22)18(23)12-14/h3-6,11-12H,7-10,13H2,1-2H3. The first-order chi connectivity index (χ1) is 13.9. The third kappa shape index (κ3) is 4.64. The van der Waals surface area contributed by atoms with Crippen LogP contribution in [0.15, 0.2) is 36.4 Å². The minimum atomic E-state index is -1.06. The average molecular weight is 404 g/mol. The highest BCUT2D eigenvalue weighted by molar-refractivity contribution is 5.94. The Morgan fingerprint density at radius 3 is 2.21 bits per heavy atom. The van der Waals surface area contributed by atoms with E-state index in [4.69, 9.17) is 9.47 Å². The van der Waals surface area contributed by atoms with Crippen LogP contribution in [0, 0.1) is 11.6 Å². The number of hydrogen-bond donors (Lipinski definition) is 0. The first-order valence-corrected chi connectivity index (χ1v) is 9.16. The van der Waals surface area contributed by atoms with Crippen molar-refractivity contribution in [2.45, 2.75) is 6.42 Å². The van der Waals surface area contributed by atoms with Gasteiger partial charge in [-0.2, -0.15) is 0 Å². The highest BCUT2D eigenvalue weighted by Crippen LogP contribution is 2.25. The number of carbonyl (C=O) groups is 2. The lowest BCUT2D eigenvalue weighted by atomic mass is 10.1. The van der Waals surface area contributed by atoms with Crippen LogP contribution in [-0.2, 0) is 11.2 Å². The summed E-state index contributed by atoms with van der Waals surface area (Å²) in [5.41, 5.74) is 0.807. The Labute approximate surface area is 167 Å². The lowest BCUT2D eigenvalue weighted by molar-refractivity contribution is -0.131. The Balaban J connectivity index is 1.61. The molecular formula is C21H22F2N2O4. The maximum Gasteiger partial charge on any atom is 0.254 e. The van der Waals surface area contributed by atoms with Gasteiger partial charge in [0.2, 0.25) is 5.91 Å². The zero-order valence-electron chi connectivity index (χ0n) is 16.3. The number of hydrogen-bond acceptors (Lipinski definition) is 4. The first kappa shape index (κ1) is 20.6. The Bertz CT molecular complexity index is 912. The van der Waals surface area contributed by atoms with Gasteiger partial charge in [0.25, 0.3) is 5.91 Å². The first-order valence-electron chi connectivity index (χ1n) is 9.16. The second-order valence-corrected chi connectivity index (χ2v) is 6.66. The van der Waals surface area contributed by atoms with Crippen LogP contribution in [0.5, 0.6) is 11.5 Å². The van der Waals surface area contributed by atoms with Crippen LogP contribution in [0.4, 0.5) is 8.78 Å². The van der Waals surface area contributed by atoms with Gasteiger partial charge < -0.3 is 19.3 Å². The average Bonchev–Trinajstić information content (AvgIpc) is 2.75. The summed E-state index contributed by atoms with van der Waals surface area (Å²) in [6.45, 7) is 1.36. The molecule has 29 heavy (non-hydrogen) atoms. The molecule has 2 aromatic carbocycles. The molecule has 0 saturated carbocycles. The molecule has 1 aliphatic rings. The zero-order valence-corrected chi connectivity index (χ0v) is 16.3. The molecule has 154 valence electrons. The number of nitrogens with zero attached hydrogens (tertiary/aromatic N) is 2. The summed E-state index contributed by atoms with van der Waals surface area (Å²) < 4.78 is 37.0. The van der Waals surface area contributed by atoms with E-state index in [1.807, 2.05) is 0 Å². The largest absolute Gasteiger partial charge is 0.497 e. The van der Waals surface area contributed by atoms with E-state index in [0.717, 1.165) is 17.7 Å². The van der Waals surface area contributed by atoms with Gasteiger partial charge in [0.15, 0.2) is 11.6 Å². The Hall–Kier alpha value is -3.16. The van der Waals surface area contributed by atoms with Crippen LogP contribution in [0.2, 0.25) is 0 Å². The molecule has 1 heterocycles. The number of benzene rings is 2. The highest BCUT2D eigenvalue weighted by Gasteiger charge is 2.26. The molecule has 0 N–H and O–H groups in total. The van der Waals surface area contributed by atoms with E-state index in [9.17, 15) is 18.4 Å². The minimum absolute atomic E-state index is 0.0866. The molecule has 0 aromatic heterocycles. The quantitative estimate of drug-likeness (QED) is 0.769. The summed E-state index contributed by atoms with van der Waals surface area (Å²) in [7, 11) is 3.09. The minimum Gasteiger partial charge on any atom is -0.497 e. The molecule has 0 spiro atoms. The molecular weight excluding hydrogens is 382 g/mol. The highest BCUT2D eigenvalue weighted by atomic mass is 19.2. The van der Waals surface area contributed by atoms with Crippen molar-refractivity contribution in [1.82, 2.24) is 9.80 Å². The van der Waals surface area contributed by atoms with E-state index in [0.29, 0.717) is 37.7 Å². The number of carbonyl (C=O) groups excluding carboxylic acids is 2. The molecule has 2 aromatic rings. The van der Waals surface area contributed by atoms with Crippen molar-refractivity contribution in [3.63, 3.8) is 0 Å². The zero-order chi connectivity index (χ0) is 21.0. The fraction of sp³-hybridized carbons (Fsp3) is 0.333. The summed E-state index contributed by atoms with van der Waals surface area (Å²) in [4.78, 5) is 28.4. The van der Waals surface area contributed by atoms with E-state index < -0.39 is 11.6 Å². The maximum absolute atomic E-state index is 13.4. The summed E-state index contributed by atoms with van der Waals surface area (Å²) in [6, 6.07) is 8.36. The van der Waals surface area contributed by atoms with Crippen LogP contribution in [0.1, 0.15) is 15.9 Å². The molecule has 0 unspecified atom stereocenters. The number of piperazine rings is 1. The van der Waals surface area contributed by atoms with Crippen molar-refractivity contribution in [1.29, 1.82) is 0 Å². The topological polar surface area (TPSA) is 59.1 Å². The van der Waals surface area contributed by atoms with Gasteiger partial charge in [0, 0.05) is 37.3 Å². The van der Waals surface area contributed by atoms with Crippen molar-refractivity contribution in [2.75, 3.05) is 40.4 Å². The van der Waals surface area contributed by atoms with Crippen LogP contribution >= 0.6 is 0 Å². The van der Waals surface area contributed by atoms with Gasteiger partial charge in [-0.25, -0.2) is 8.78 Å². The molecule has 6 nitrogen and oxygen atoms in total. The van der Waals surface area contributed by atoms with Gasteiger partial charge >= 0.3 is 0 Å². The fourth-order valence-corrected chi connectivity index (χ4v) is 3.27. The molecule has 0 aliphatic carbocycles. The molecule has 3 rings (SSSR count). The Morgan fingerprint density at radius 2 is 1.59 bits per heavy atom. The van der Waals surface area contributed by atoms with Gasteiger partial charge in [0.05, 0.1) is 20.6 Å². The van der Waals surface area contributed by atoms with Crippen LogP contribution < -0.4 is 9.47 Å². The predicted molar refractivity (Wildman–Crippen MR) is 102 cm³/mol. The van der Waals surface area contributed by atoms with Crippen LogP contribution in [-0.4, -0.2) is 62.0 Å². The second kappa shape index (κ2) is 8.89. The van der Waals surface area contributed by atoms with Crippen LogP contribution in [0.3, 0.4) is 0 Å². The summed E-state index contributed by atoms with van der Waals surface area (Å²) >= 11 is 0. The number of methoxy groups -OCH3 is 2. The van der Waals surface area contributed by atoms with Crippen molar-refractivity contribution < 1.29 is 27.8 Å².